The van der Waals surface area contributed by atoms with Crippen LogP contribution in [0, 0.1) is 29.6 Å². The van der Waals surface area contributed by atoms with Gasteiger partial charge in [-0.15, -0.1) is 4.68 Å². The molecular formula is C92H120Cl8N38O. The second kappa shape index (κ2) is 59.8. The van der Waals surface area contributed by atoms with Gasteiger partial charge in [-0.05, 0) is 195 Å². The van der Waals surface area contributed by atoms with Gasteiger partial charge < -0.3 is 129 Å². The Morgan fingerprint density at radius 2 is 0.777 bits per heavy atom. The molecule has 14 aromatic rings. The Kier molecular flexibility index (Phi) is 52.0. The Balaban J connectivity index is 0.000000546. The highest BCUT2D eigenvalue weighted by Gasteiger charge is 2.24. The molecule has 0 saturated carbocycles. The molecule has 139 heavy (non-hydrogen) atoms. The van der Waals surface area contributed by atoms with Crippen molar-refractivity contribution in [1.82, 2.24) is 37.3 Å². The number of azo groups is 7. The van der Waals surface area contributed by atoms with Crippen LogP contribution in [0.25, 0.3) is 0 Å². The van der Waals surface area contributed by atoms with Crippen molar-refractivity contribution in [3.63, 3.8) is 0 Å². The molecule has 8 N–H and O–H groups in total. The summed E-state index contributed by atoms with van der Waals surface area (Å²) < 4.78 is 31.6. The summed E-state index contributed by atoms with van der Waals surface area (Å²) in [6.07, 6.45) is 22.8. The van der Waals surface area contributed by atoms with Gasteiger partial charge in [0.25, 0.3) is 0 Å². The number of methoxy groups -OCH3 is 1. The molecule has 0 amide bonds. The zero-order valence-electron chi connectivity index (χ0n) is 81.3. The summed E-state index contributed by atoms with van der Waals surface area (Å²) >= 11 is 6.00. The molecule has 0 saturated heterocycles. The van der Waals surface area contributed by atoms with Crippen LogP contribution in [0.3, 0.4) is 0 Å². The number of likely N-dealkylation sites (N-methyl/N-ethyl adjacent to an activating group) is 1. The molecule has 7 aromatic carbocycles. The predicted molar refractivity (Wildman–Crippen MR) is 510 cm³/mol. The molecular weight excluding hydrogens is 1940 g/mol. The normalized spacial score (nSPS) is 11.5. The van der Waals surface area contributed by atoms with Crippen molar-refractivity contribution in [2.24, 2.45) is 170 Å². The lowest BCUT2D eigenvalue weighted by Crippen LogP contribution is -3.00. The number of imidazole rings is 5. The summed E-state index contributed by atoms with van der Waals surface area (Å²) in [6.45, 7) is 11.9. The fourth-order valence-electron chi connectivity index (χ4n) is 12.9. The number of aromatic nitrogens is 15. The van der Waals surface area contributed by atoms with Gasteiger partial charge in [0.1, 0.15) is 46.9 Å². The molecule has 15 rings (SSSR count). The maximum atomic E-state index is 8.76. The van der Waals surface area contributed by atoms with Gasteiger partial charge in [-0.2, -0.15) is 15.2 Å². The number of halogens is 8. The van der Waals surface area contributed by atoms with Crippen molar-refractivity contribution in [3.05, 3.63) is 242 Å². The molecule has 1 unspecified atom stereocenters. The molecule has 47 heteroatoms. The third kappa shape index (κ3) is 35.4. The van der Waals surface area contributed by atoms with E-state index in [1.807, 2.05) is 293 Å². The van der Waals surface area contributed by atoms with E-state index in [1.54, 1.807) is 83.3 Å². The minimum atomic E-state index is 0. The van der Waals surface area contributed by atoms with Gasteiger partial charge in [-0.3, -0.25) is 0 Å². The monoisotopic (exact) mass is 2050 g/mol. The number of hydrogen-bond acceptors (Lipinski definition) is 25. The van der Waals surface area contributed by atoms with E-state index in [2.05, 4.69) is 158 Å². The van der Waals surface area contributed by atoms with Gasteiger partial charge >= 0.3 is 41.5 Å². The van der Waals surface area contributed by atoms with Crippen molar-refractivity contribution in [2.75, 3.05) is 78.0 Å². The highest BCUT2D eigenvalue weighted by molar-refractivity contribution is 6.33. The quantitative estimate of drug-likeness (QED) is 0.0268. The number of rotatable bonds is 23. The standard InChI is InChI=1S/C17H20N7.C16H22N5.C15H22N5.C12H15N5O.C11H12ClN5.C11H13N5.C10H12N6.7ClH/c1-22-13-14-23(2)17(22)21-20-15-5-7-16(8-6-15)24(11-3-9-18)12-4-10-19;1-11-8-13-10-14(6-7-15(13)19(11)3)17-18-16-9-12(2)20(4)21(16)5;1-5-20(6-2)14-9-7-13(8-10-14)16-17-15-18(3)11-12-19(15)4;1-16-6-7-17(2)12(16)15-14-9-4-5-10(13)11(8-9)18-3;1-16-5-6-17(2)11(16)15-14-10-4-3-8(13)7-9(10)12;1-15-7-8-16(2)11(15)14-13-10-5-3-9(12)4-6-10;1-15-7-12-16(2)10(15)14-13-9-5-3-8(11)4-6-9;;;;;;;/h5-8,13-14H,3-4,11-12H2,1-2H3;6-7,9-11H,8H2,1-5H3;7-12H,5-6H2,1-4H3;4-8,13H,1-3H3;3-7,13H,1-2H3;3-8,12H,1-2H3;3-7,11H,1-2H3;7*1H/q3*+1;;;;;;;;;;;/p-3. The van der Waals surface area contributed by atoms with E-state index >= 15 is 0 Å². The average molecular weight is 2060 g/mol. The second-order valence-corrected chi connectivity index (χ2v) is 31.1. The number of nitriles is 2. The zero-order chi connectivity index (χ0) is 95.7. The first kappa shape index (κ1) is 121. The van der Waals surface area contributed by atoms with Gasteiger partial charge in [0.2, 0.25) is 6.33 Å². The molecule has 0 bridgehead atoms. The maximum Gasteiger partial charge on any atom is 0.421 e. The number of anilines is 7. The number of nitrogens with zero attached hydrogens (tertiary/aromatic N) is 34. The lowest BCUT2D eigenvalue weighted by atomic mass is 10.1. The largest absolute Gasteiger partial charge is 1.00 e. The summed E-state index contributed by atoms with van der Waals surface area (Å²) in [6, 6.07) is 53.9. The van der Waals surface area contributed by atoms with Crippen LogP contribution < -0.4 is 161 Å². The van der Waals surface area contributed by atoms with Gasteiger partial charge in [-0.1, -0.05) is 42.3 Å². The summed E-state index contributed by atoms with van der Waals surface area (Å²) in [5.74, 6) is 5.99. The molecule has 1 atom stereocenters. The number of ether oxygens (including phenoxy) is 1. The number of benzene rings is 7. The van der Waals surface area contributed by atoms with E-state index in [1.165, 1.54) is 16.9 Å². The van der Waals surface area contributed by atoms with Crippen molar-refractivity contribution >= 4 is 133 Å². The summed E-state index contributed by atoms with van der Waals surface area (Å²) in [5, 5.41) is 81.1. The zero-order valence-corrected chi connectivity index (χ0v) is 87.4. The van der Waals surface area contributed by atoms with Crippen LogP contribution >= 0.6 is 11.6 Å². The molecule has 0 radical (unpaired) electrons. The van der Waals surface area contributed by atoms with Crippen molar-refractivity contribution in [2.45, 2.75) is 53.0 Å². The average Bonchev–Trinajstić information content (AvgIpc) is 1.66. The highest BCUT2D eigenvalue weighted by Crippen LogP contribution is 2.35. The molecule has 7 aromatic heterocycles. The Labute approximate surface area is 859 Å². The van der Waals surface area contributed by atoms with Crippen LogP contribution in [0.15, 0.2) is 298 Å². The van der Waals surface area contributed by atoms with Crippen LogP contribution in [0.5, 0.6) is 5.75 Å². The van der Waals surface area contributed by atoms with Crippen molar-refractivity contribution in [3.8, 4) is 17.9 Å². The van der Waals surface area contributed by atoms with Gasteiger partial charge in [0.15, 0.2) is 0 Å². The van der Waals surface area contributed by atoms with Crippen LogP contribution in [0.2, 0.25) is 5.02 Å². The number of aryl methyl sites for hydroxylation is 13. The molecule has 740 valence electrons. The van der Waals surface area contributed by atoms with Crippen LogP contribution in [0.1, 0.15) is 44.9 Å². The van der Waals surface area contributed by atoms with E-state index in [-0.39, 0.29) is 86.8 Å². The van der Waals surface area contributed by atoms with E-state index in [0.29, 0.717) is 77.1 Å². The first-order valence-electron chi connectivity index (χ1n) is 42.2. The first-order valence-corrected chi connectivity index (χ1v) is 42.5. The Morgan fingerprint density at radius 1 is 0.424 bits per heavy atom. The minimum absolute atomic E-state index is 0. The molecule has 1 aliphatic heterocycles. The molecule has 0 aliphatic carbocycles. The Bertz CT molecular complexity index is 6220. The van der Waals surface area contributed by atoms with Gasteiger partial charge in [-0.25, -0.2) is 54.9 Å². The summed E-state index contributed by atoms with van der Waals surface area (Å²) in [7, 11) is 30.6. The Hall–Kier alpha value is -14.2. The SMILES string of the molecule is CCN(CC)c1ccc(N=Nc2n(C)cc[n+]2C)cc1.COc1cc(N=Nc2n(C)cc[n+]2C)ccc1N.Cc1cc(N=Nc2ccc3c(c2)CC(C)N3C)[n+](C)n1C.Cn1cc[n+](C)c1N=Nc1ccc(N(CCC#N)CCC#N)cc1.Cn1cc[n+](C)c1N=Nc1ccc(N)cc1.Cn1cc[n+](C)c1N=Nc1ccc(N)cc1Cl.Cn1nc[n+](C)c1N=Nc1ccc(N)cc1.[Cl-].[Cl-].[Cl-].[Cl-].[Cl-].[Cl-].[Cl-]. The number of fused-ring (bicyclic) bond motifs is 1. The van der Waals surface area contributed by atoms with E-state index in [9.17, 15) is 0 Å². The lowest BCUT2D eigenvalue weighted by Gasteiger charge is -2.22. The van der Waals surface area contributed by atoms with Gasteiger partial charge in [0, 0.05) is 117 Å². The lowest BCUT2D eigenvalue weighted by molar-refractivity contribution is -0.740. The molecule has 0 spiro atoms. The van der Waals surface area contributed by atoms with E-state index in [4.69, 9.17) is 49.8 Å². The fourth-order valence-corrected chi connectivity index (χ4v) is 13.1. The number of hydrogen-bond donors (Lipinski definition) is 4. The first-order chi connectivity index (χ1) is 63.3. The smallest absolute Gasteiger partial charge is 0.421 e. The number of nitrogens with two attached hydrogens (primary N) is 4. The topological polar surface area (TPSA) is 418 Å². The molecule has 0 fully saturated rings. The van der Waals surface area contributed by atoms with Crippen molar-refractivity contribution in [1.29, 1.82) is 10.5 Å². The van der Waals surface area contributed by atoms with Gasteiger partial charge in [0.05, 0.1) is 212 Å². The molecule has 8 heterocycles. The van der Waals surface area contributed by atoms with Crippen LogP contribution in [-0.2, 0) is 105 Å². The minimum Gasteiger partial charge on any atom is -1.00 e. The van der Waals surface area contributed by atoms with Crippen LogP contribution in [-0.4, -0.2) is 83.7 Å². The second-order valence-electron chi connectivity index (χ2n) is 30.7. The summed E-state index contributed by atoms with van der Waals surface area (Å²) in [5.41, 5.74) is 36.5. The third-order valence-electron chi connectivity index (χ3n) is 20.9. The maximum absolute atomic E-state index is 8.76. The van der Waals surface area contributed by atoms with E-state index < -0.39 is 0 Å². The highest BCUT2D eigenvalue weighted by atomic mass is 35.5. The van der Waals surface area contributed by atoms with Crippen LogP contribution in [0.4, 0.5) is 121 Å². The fraction of sp³-hybridized carbons (Fsp3) is 0.304. The third-order valence-corrected chi connectivity index (χ3v) is 21.2. The van der Waals surface area contributed by atoms with E-state index in [0.717, 1.165) is 101 Å². The summed E-state index contributed by atoms with van der Waals surface area (Å²) in [4.78, 5) is 6.65. The van der Waals surface area contributed by atoms with Crippen molar-refractivity contribution < 1.29 is 124 Å². The Morgan fingerprint density at radius 3 is 1.13 bits per heavy atom. The predicted octanol–water partition coefficient (Wildman–Crippen LogP) is -4.56. The molecule has 1 aliphatic rings. The number of nitrogen functional groups attached to an aromatic ring is 4. The molecule has 39 nitrogen and oxygen atoms in total.